The Morgan fingerprint density at radius 2 is 1.52 bits per heavy atom. The zero-order valence-corrected chi connectivity index (χ0v) is 14.1. The van der Waals surface area contributed by atoms with Gasteiger partial charge in [0.1, 0.15) is 17.2 Å². The third kappa shape index (κ3) is 4.95. The lowest BCUT2D eigenvalue weighted by molar-refractivity contribution is 0.118. The van der Waals surface area contributed by atoms with Gasteiger partial charge < -0.3 is 25.1 Å². The number of methoxy groups -OCH3 is 3. The standard InChI is InChI=1S/C15H25NO4.ClH/c1-9(2)6-11(17)15(16)14-12(19-4)7-10(18-3)8-13(14)20-5;/h7-9,11,15,17H,6,16H2,1-5H3;1H/t11-,15-;/m1./s1. The number of aliphatic hydroxyl groups excluding tert-OH is 1. The van der Waals surface area contributed by atoms with Crippen LogP contribution in [0.15, 0.2) is 12.1 Å². The van der Waals surface area contributed by atoms with E-state index < -0.39 is 12.1 Å². The number of aliphatic hydroxyl groups is 1. The number of hydrogen-bond acceptors (Lipinski definition) is 5. The highest BCUT2D eigenvalue weighted by Gasteiger charge is 2.25. The largest absolute Gasteiger partial charge is 0.496 e. The van der Waals surface area contributed by atoms with E-state index in [0.29, 0.717) is 35.2 Å². The predicted octanol–water partition coefficient (Wildman–Crippen LogP) is 2.54. The van der Waals surface area contributed by atoms with Gasteiger partial charge in [-0.3, -0.25) is 0 Å². The van der Waals surface area contributed by atoms with Gasteiger partial charge in [0.15, 0.2) is 0 Å². The summed E-state index contributed by atoms with van der Waals surface area (Å²) >= 11 is 0. The molecule has 0 saturated carbocycles. The summed E-state index contributed by atoms with van der Waals surface area (Å²) in [5.74, 6) is 2.08. The molecule has 5 nitrogen and oxygen atoms in total. The second-order valence-electron chi connectivity index (χ2n) is 5.17. The predicted molar refractivity (Wildman–Crippen MR) is 85.7 cm³/mol. The van der Waals surface area contributed by atoms with Crippen molar-refractivity contribution in [2.75, 3.05) is 21.3 Å². The van der Waals surface area contributed by atoms with Gasteiger partial charge in [0.05, 0.1) is 39.0 Å². The highest BCUT2D eigenvalue weighted by Crippen LogP contribution is 2.39. The van der Waals surface area contributed by atoms with E-state index in [9.17, 15) is 5.11 Å². The van der Waals surface area contributed by atoms with E-state index in [2.05, 4.69) is 0 Å². The summed E-state index contributed by atoms with van der Waals surface area (Å²) in [6.45, 7) is 4.08. The summed E-state index contributed by atoms with van der Waals surface area (Å²) in [5.41, 5.74) is 6.84. The minimum atomic E-state index is -0.661. The van der Waals surface area contributed by atoms with Crippen LogP contribution in [0, 0.1) is 5.92 Å². The molecule has 2 atom stereocenters. The average Bonchev–Trinajstić information content (AvgIpc) is 2.43. The molecule has 21 heavy (non-hydrogen) atoms. The Balaban J connectivity index is 0.00000400. The second-order valence-corrected chi connectivity index (χ2v) is 5.17. The van der Waals surface area contributed by atoms with Gasteiger partial charge in [-0.15, -0.1) is 12.4 Å². The number of benzene rings is 1. The number of hydrogen-bond donors (Lipinski definition) is 2. The van der Waals surface area contributed by atoms with Gasteiger partial charge in [0.2, 0.25) is 0 Å². The summed E-state index contributed by atoms with van der Waals surface area (Å²) in [6, 6.07) is 2.90. The second kappa shape index (κ2) is 8.97. The lowest BCUT2D eigenvalue weighted by Crippen LogP contribution is -2.28. The maximum absolute atomic E-state index is 10.2. The first-order chi connectivity index (χ1) is 9.44. The highest BCUT2D eigenvalue weighted by atomic mass is 35.5. The van der Waals surface area contributed by atoms with Gasteiger partial charge in [-0.25, -0.2) is 0 Å². The van der Waals surface area contributed by atoms with Crippen molar-refractivity contribution >= 4 is 12.4 Å². The fraction of sp³-hybridized carbons (Fsp3) is 0.600. The van der Waals surface area contributed by atoms with Gasteiger partial charge in [-0.05, 0) is 12.3 Å². The molecule has 0 aromatic heterocycles. The van der Waals surface area contributed by atoms with Crippen LogP contribution < -0.4 is 19.9 Å². The SMILES string of the molecule is COc1cc(OC)c([C@H](N)[C@H](O)CC(C)C)c(OC)c1.Cl. The van der Waals surface area contributed by atoms with Crippen LogP contribution >= 0.6 is 12.4 Å². The van der Waals surface area contributed by atoms with Gasteiger partial charge >= 0.3 is 0 Å². The molecule has 122 valence electrons. The highest BCUT2D eigenvalue weighted by molar-refractivity contribution is 5.85. The maximum atomic E-state index is 10.2. The lowest BCUT2D eigenvalue weighted by atomic mass is 9.94. The van der Waals surface area contributed by atoms with Gasteiger partial charge in [-0.1, -0.05) is 13.8 Å². The molecule has 3 N–H and O–H groups in total. The molecule has 0 unspecified atom stereocenters. The molecule has 0 saturated heterocycles. The molecule has 0 aliphatic carbocycles. The number of ether oxygens (including phenoxy) is 3. The lowest BCUT2D eigenvalue weighted by Gasteiger charge is -2.24. The van der Waals surface area contributed by atoms with E-state index in [1.807, 2.05) is 13.8 Å². The minimum Gasteiger partial charge on any atom is -0.496 e. The first-order valence-electron chi connectivity index (χ1n) is 6.68. The molecule has 0 bridgehead atoms. The zero-order chi connectivity index (χ0) is 15.3. The van der Waals surface area contributed by atoms with E-state index in [0.717, 1.165) is 0 Å². The third-order valence-corrected chi connectivity index (χ3v) is 3.21. The summed E-state index contributed by atoms with van der Waals surface area (Å²) in [7, 11) is 4.68. The van der Waals surface area contributed by atoms with Crippen molar-refractivity contribution in [3.63, 3.8) is 0 Å². The van der Waals surface area contributed by atoms with Crippen LogP contribution in [-0.2, 0) is 0 Å². The van der Waals surface area contributed by atoms with E-state index in [-0.39, 0.29) is 12.4 Å². The van der Waals surface area contributed by atoms with Gasteiger partial charge in [0.25, 0.3) is 0 Å². The quantitative estimate of drug-likeness (QED) is 0.808. The smallest absolute Gasteiger partial charge is 0.131 e. The molecular formula is C15H26ClNO4. The van der Waals surface area contributed by atoms with E-state index in [4.69, 9.17) is 19.9 Å². The first-order valence-corrected chi connectivity index (χ1v) is 6.68. The van der Waals surface area contributed by atoms with Crippen LogP contribution in [0.25, 0.3) is 0 Å². The summed E-state index contributed by atoms with van der Waals surface area (Å²) < 4.78 is 15.9. The fourth-order valence-corrected chi connectivity index (χ4v) is 2.18. The molecule has 1 aromatic carbocycles. The molecule has 1 rings (SSSR count). The Morgan fingerprint density at radius 3 is 1.86 bits per heavy atom. The van der Waals surface area contributed by atoms with Crippen molar-refractivity contribution < 1.29 is 19.3 Å². The van der Waals surface area contributed by atoms with Crippen molar-refractivity contribution in [1.82, 2.24) is 0 Å². The topological polar surface area (TPSA) is 73.9 Å². The van der Waals surface area contributed by atoms with Crippen LogP contribution in [0.5, 0.6) is 17.2 Å². The third-order valence-electron chi connectivity index (χ3n) is 3.21. The molecule has 1 aromatic rings. The molecule has 0 heterocycles. The van der Waals surface area contributed by atoms with Crippen molar-refractivity contribution in [3.8, 4) is 17.2 Å². The Labute approximate surface area is 132 Å². The van der Waals surface area contributed by atoms with E-state index in [1.165, 1.54) is 0 Å². The Kier molecular flexibility index (Phi) is 8.47. The summed E-state index contributed by atoms with van der Waals surface area (Å²) in [6.07, 6.45) is -0.0503. The van der Waals surface area contributed by atoms with Crippen molar-refractivity contribution in [1.29, 1.82) is 0 Å². The minimum absolute atomic E-state index is 0. The molecule has 0 spiro atoms. The fourth-order valence-electron chi connectivity index (χ4n) is 2.18. The van der Waals surface area contributed by atoms with Crippen molar-refractivity contribution in [2.45, 2.75) is 32.4 Å². The zero-order valence-electron chi connectivity index (χ0n) is 13.3. The molecule has 0 aliphatic rings. The van der Waals surface area contributed by atoms with E-state index >= 15 is 0 Å². The van der Waals surface area contributed by atoms with Crippen LogP contribution in [0.4, 0.5) is 0 Å². The van der Waals surface area contributed by atoms with Crippen LogP contribution in [0.1, 0.15) is 31.9 Å². The van der Waals surface area contributed by atoms with Gasteiger partial charge in [-0.2, -0.15) is 0 Å². The van der Waals surface area contributed by atoms with E-state index in [1.54, 1.807) is 33.5 Å². The maximum Gasteiger partial charge on any atom is 0.131 e. The van der Waals surface area contributed by atoms with Crippen LogP contribution in [-0.4, -0.2) is 32.5 Å². The number of nitrogens with two attached hydrogens (primary N) is 1. The van der Waals surface area contributed by atoms with Crippen LogP contribution in [0.3, 0.4) is 0 Å². The summed E-state index contributed by atoms with van der Waals surface area (Å²) in [5, 5.41) is 10.2. The summed E-state index contributed by atoms with van der Waals surface area (Å²) in [4.78, 5) is 0. The Bertz CT molecular complexity index is 415. The normalized spacial score (nSPS) is 13.3. The number of rotatable bonds is 7. The average molecular weight is 320 g/mol. The molecule has 0 amide bonds. The Hall–Kier alpha value is -1.17. The van der Waals surface area contributed by atoms with Crippen molar-refractivity contribution in [3.05, 3.63) is 17.7 Å². The molecule has 0 fully saturated rings. The number of halogens is 1. The molecule has 0 aliphatic heterocycles. The first kappa shape index (κ1) is 19.8. The Morgan fingerprint density at radius 1 is 1.05 bits per heavy atom. The monoisotopic (exact) mass is 319 g/mol. The van der Waals surface area contributed by atoms with Gasteiger partial charge in [0, 0.05) is 12.1 Å². The van der Waals surface area contributed by atoms with Crippen LogP contribution in [0.2, 0.25) is 0 Å². The molecular weight excluding hydrogens is 294 g/mol. The molecule has 0 radical (unpaired) electrons. The molecule has 6 heteroatoms. The van der Waals surface area contributed by atoms with Crippen molar-refractivity contribution in [2.24, 2.45) is 11.7 Å².